The first-order chi connectivity index (χ1) is 30.2. The van der Waals surface area contributed by atoms with Crippen LogP contribution in [0.3, 0.4) is 0 Å². The van der Waals surface area contributed by atoms with E-state index < -0.39 is 64.6 Å². The van der Waals surface area contributed by atoms with Crippen molar-refractivity contribution in [3.05, 3.63) is 106 Å². The molecule has 346 valence electrons. The van der Waals surface area contributed by atoms with E-state index in [9.17, 15) is 49.9 Å². The quantitative estimate of drug-likeness (QED) is 0.194. The molecule has 0 bridgehead atoms. The number of likely N-dealkylation sites (tertiary alicyclic amines) is 2. The van der Waals surface area contributed by atoms with Crippen molar-refractivity contribution in [2.24, 2.45) is 5.92 Å². The molecule has 3 heterocycles. The van der Waals surface area contributed by atoms with Gasteiger partial charge in [0.2, 0.25) is 11.8 Å². The standard InChI is InChI=1S/C45H50F7N5O7/c1-53(15-5-16-54(2)39(59)31-24-56(25-31)41(61)62)38(58)26-63-37-22-29-6-3-4-7-36(29)42(37)12-17-55(18-13-42)19-14-43(32-8-10-35(46)11-9-32)27-57(28-64-43)40(60)30-20-33(44(47,48)49)23-34(21-30)45(50,51)52/h3-4,6-11,20-21,23,31,37H,5,12-19,22,24-28H2,1-2H3,(H,61,62)/t37-,43-/m0/s1. The Bertz CT molecular complexity index is 2180. The Balaban J connectivity index is 0.972. The summed E-state index contributed by atoms with van der Waals surface area (Å²) in [5.74, 6) is -2.31. The van der Waals surface area contributed by atoms with Crippen LogP contribution in [-0.4, -0.2) is 139 Å². The number of likely N-dealkylation sites (N-methyl/N-ethyl adjacent to an activating group) is 1. The second-order valence-corrected chi connectivity index (χ2v) is 17.3. The maximum Gasteiger partial charge on any atom is 0.416 e. The number of amides is 4. The molecule has 3 saturated heterocycles. The van der Waals surface area contributed by atoms with Crippen molar-refractivity contribution in [3.63, 3.8) is 0 Å². The van der Waals surface area contributed by atoms with E-state index in [4.69, 9.17) is 14.6 Å². The number of fused-ring (bicyclic) bond motifs is 2. The second-order valence-electron chi connectivity index (χ2n) is 17.3. The van der Waals surface area contributed by atoms with Crippen LogP contribution in [0.5, 0.6) is 0 Å². The van der Waals surface area contributed by atoms with E-state index in [0.29, 0.717) is 76.1 Å². The molecular formula is C45H50F7N5O7. The van der Waals surface area contributed by atoms with Gasteiger partial charge in [-0.05, 0) is 92.2 Å². The van der Waals surface area contributed by atoms with Gasteiger partial charge in [0.25, 0.3) is 5.91 Å². The van der Waals surface area contributed by atoms with Crippen molar-refractivity contribution >= 4 is 23.8 Å². The van der Waals surface area contributed by atoms with E-state index in [1.54, 1.807) is 23.9 Å². The van der Waals surface area contributed by atoms with Crippen molar-refractivity contribution in [1.29, 1.82) is 0 Å². The molecule has 12 nitrogen and oxygen atoms in total. The first-order valence-electron chi connectivity index (χ1n) is 21.1. The lowest BCUT2D eigenvalue weighted by molar-refractivity contribution is -0.143. The number of alkyl halides is 6. The molecule has 4 aliphatic rings. The minimum Gasteiger partial charge on any atom is -0.465 e. The first-order valence-corrected chi connectivity index (χ1v) is 21.1. The molecule has 4 amide bonds. The Labute approximate surface area is 365 Å². The Kier molecular flexibility index (Phi) is 13.4. The predicted molar refractivity (Wildman–Crippen MR) is 216 cm³/mol. The number of ether oxygens (including phenoxy) is 2. The van der Waals surface area contributed by atoms with E-state index in [2.05, 4.69) is 17.0 Å². The zero-order valence-electron chi connectivity index (χ0n) is 35.4. The Morgan fingerprint density at radius 2 is 1.48 bits per heavy atom. The molecule has 3 aromatic rings. The van der Waals surface area contributed by atoms with Gasteiger partial charge in [0.15, 0.2) is 0 Å². The fourth-order valence-electron chi connectivity index (χ4n) is 9.46. The molecule has 1 N–H and O–H groups in total. The maximum absolute atomic E-state index is 14.1. The number of benzene rings is 3. The topological polar surface area (TPSA) is 123 Å². The molecule has 3 aliphatic heterocycles. The highest BCUT2D eigenvalue weighted by Gasteiger charge is 2.50. The summed E-state index contributed by atoms with van der Waals surface area (Å²) >= 11 is 0. The molecular weight excluding hydrogens is 856 g/mol. The van der Waals surface area contributed by atoms with Crippen molar-refractivity contribution < 1.29 is 64.5 Å². The number of hydrogen-bond acceptors (Lipinski definition) is 7. The summed E-state index contributed by atoms with van der Waals surface area (Å²) < 4.78 is 109. The summed E-state index contributed by atoms with van der Waals surface area (Å²) in [4.78, 5) is 58.2. The van der Waals surface area contributed by atoms with Gasteiger partial charge in [-0.1, -0.05) is 36.4 Å². The minimum absolute atomic E-state index is 0.0349. The molecule has 0 radical (unpaired) electrons. The summed E-state index contributed by atoms with van der Waals surface area (Å²) in [6.45, 7) is 2.00. The predicted octanol–water partition coefficient (Wildman–Crippen LogP) is 6.47. The molecule has 0 unspecified atom stereocenters. The molecule has 1 aliphatic carbocycles. The zero-order valence-corrected chi connectivity index (χ0v) is 35.4. The van der Waals surface area contributed by atoms with E-state index in [1.165, 1.54) is 29.2 Å². The van der Waals surface area contributed by atoms with Gasteiger partial charge in [-0.25, -0.2) is 9.18 Å². The van der Waals surface area contributed by atoms with Crippen LogP contribution in [0.15, 0.2) is 66.7 Å². The highest BCUT2D eigenvalue weighted by molar-refractivity contribution is 5.95. The van der Waals surface area contributed by atoms with Crippen LogP contribution >= 0.6 is 0 Å². The van der Waals surface area contributed by atoms with E-state index in [-0.39, 0.29) is 62.6 Å². The molecule has 64 heavy (non-hydrogen) atoms. The molecule has 0 aromatic heterocycles. The Morgan fingerprint density at radius 1 is 0.859 bits per heavy atom. The third kappa shape index (κ3) is 9.85. The summed E-state index contributed by atoms with van der Waals surface area (Å²) in [5.41, 5.74) is -2.87. The van der Waals surface area contributed by atoms with Crippen LogP contribution < -0.4 is 0 Å². The maximum atomic E-state index is 14.1. The number of hydrogen-bond donors (Lipinski definition) is 1. The summed E-state index contributed by atoms with van der Waals surface area (Å²) in [5, 5.41) is 9.04. The van der Waals surface area contributed by atoms with Crippen LogP contribution in [0.2, 0.25) is 0 Å². The molecule has 2 atom stereocenters. The van der Waals surface area contributed by atoms with Gasteiger partial charge in [-0.3, -0.25) is 14.4 Å². The Morgan fingerprint density at radius 3 is 2.11 bits per heavy atom. The van der Waals surface area contributed by atoms with Crippen molar-refractivity contribution in [1.82, 2.24) is 24.5 Å². The molecule has 7 rings (SSSR count). The van der Waals surface area contributed by atoms with Gasteiger partial charge in [-0.2, -0.15) is 26.3 Å². The number of carbonyl (C=O) groups excluding carboxylic acids is 3. The first kappa shape index (κ1) is 46.7. The molecule has 0 saturated carbocycles. The van der Waals surface area contributed by atoms with Crippen LogP contribution in [0.4, 0.5) is 35.5 Å². The summed E-state index contributed by atoms with van der Waals surface area (Å²) in [6.07, 6.45) is -8.87. The van der Waals surface area contributed by atoms with Gasteiger partial charge < -0.3 is 39.1 Å². The fourth-order valence-corrected chi connectivity index (χ4v) is 9.46. The monoisotopic (exact) mass is 905 g/mol. The third-order valence-corrected chi connectivity index (χ3v) is 13.3. The average molecular weight is 906 g/mol. The highest BCUT2D eigenvalue weighted by atomic mass is 19.4. The molecule has 3 fully saturated rings. The SMILES string of the molecule is CN(CCCN(C)C(=O)C1CN(C(=O)O)C1)C(=O)CO[C@H]1Cc2ccccc2C12CCN(CC[C@@]1(c3ccc(F)cc3)CN(C(=O)c3cc(C(F)(F)F)cc(C(F)(F)F)c3)CO1)CC2. The van der Waals surface area contributed by atoms with Crippen LogP contribution in [0, 0.1) is 11.7 Å². The lowest BCUT2D eigenvalue weighted by Crippen LogP contribution is -2.55. The number of halogens is 7. The van der Waals surface area contributed by atoms with Crippen LogP contribution in [0.1, 0.15) is 63.9 Å². The van der Waals surface area contributed by atoms with Crippen LogP contribution in [-0.2, 0) is 48.9 Å². The van der Waals surface area contributed by atoms with Gasteiger partial charge in [0.1, 0.15) is 24.8 Å². The largest absolute Gasteiger partial charge is 0.465 e. The summed E-state index contributed by atoms with van der Waals surface area (Å²) in [7, 11) is 3.34. The van der Waals surface area contributed by atoms with Gasteiger partial charge in [-0.15, -0.1) is 0 Å². The van der Waals surface area contributed by atoms with Gasteiger partial charge >= 0.3 is 18.4 Å². The second kappa shape index (κ2) is 18.3. The number of piperidine rings is 1. The number of nitrogens with zero attached hydrogens (tertiary/aromatic N) is 5. The Hall–Kier alpha value is -5.27. The van der Waals surface area contributed by atoms with E-state index in [1.807, 2.05) is 12.1 Å². The lowest BCUT2D eigenvalue weighted by atomic mass is 9.72. The van der Waals surface area contributed by atoms with Gasteiger partial charge in [0, 0.05) is 57.8 Å². The van der Waals surface area contributed by atoms with Crippen molar-refractivity contribution in [3.8, 4) is 0 Å². The minimum atomic E-state index is -5.14. The normalized spacial score (nSPS) is 21.2. The number of carboxylic acid groups (broad SMARTS) is 1. The number of carbonyl (C=O) groups is 4. The number of rotatable bonds is 13. The van der Waals surface area contributed by atoms with Crippen molar-refractivity contribution in [2.45, 2.75) is 61.6 Å². The van der Waals surface area contributed by atoms with Crippen molar-refractivity contribution in [2.75, 3.05) is 79.8 Å². The van der Waals surface area contributed by atoms with Crippen LogP contribution in [0.25, 0.3) is 0 Å². The van der Waals surface area contributed by atoms with Gasteiger partial charge in [0.05, 0.1) is 29.7 Å². The third-order valence-electron chi connectivity index (χ3n) is 13.3. The average Bonchev–Trinajstić information content (AvgIpc) is 3.81. The molecule has 3 aromatic carbocycles. The molecule has 19 heteroatoms. The lowest BCUT2D eigenvalue weighted by Gasteiger charge is -2.44. The zero-order chi connectivity index (χ0) is 46.2. The molecule has 1 spiro atoms. The smallest absolute Gasteiger partial charge is 0.416 e. The summed E-state index contributed by atoms with van der Waals surface area (Å²) in [6, 6.07) is 14.3. The van der Waals surface area contributed by atoms with E-state index >= 15 is 0 Å². The fraction of sp³-hybridized carbons (Fsp3) is 0.511. The van der Waals surface area contributed by atoms with E-state index in [0.717, 1.165) is 16.0 Å². The highest BCUT2D eigenvalue weighted by Crippen LogP contribution is 2.48.